The van der Waals surface area contributed by atoms with E-state index in [2.05, 4.69) is 15.5 Å². The van der Waals surface area contributed by atoms with Crippen LogP contribution in [0.25, 0.3) is 0 Å². The van der Waals surface area contributed by atoms with Crippen molar-refractivity contribution < 1.29 is 33.0 Å². The van der Waals surface area contributed by atoms with Crippen molar-refractivity contribution in [1.29, 1.82) is 0 Å². The van der Waals surface area contributed by atoms with Gasteiger partial charge in [0.25, 0.3) is 5.91 Å². The van der Waals surface area contributed by atoms with Crippen LogP contribution in [0.4, 0.5) is 10.1 Å². The van der Waals surface area contributed by atoms with Crippen LogP contribution >= 0.6 is 11.6 Å². The van der Waals surface area contributed by atoms with Crippen LogP contribution in [0.1, 0.15) is 37.0 Å². The summed E-state index contributed by atoms with van der Waals surface area (Å²) in [6, 6.07) is 8.35. The van der Waals surface area contributed by atoms with E-state index in [1.165, 1.54) is 45.2 Å². The first kappa shape index (κ1) is 28.2. The summed E-state index contributed by atoms with van der Waals surface area (Å²) < 4.78 is 29.5. The number of carbonyl (C=O) groups is 3. The lowest BCUT2D eigenvalue weighted by molar-refractivity contribution is -0.150. The molecule has 200 valence electrons. The van der Waals surface area contributed by atoms with E-state index in [-0.39, 0.29) is 28.1 Å². The van der Waals surface area contributed by atoms with Crippen molar-refractivity contribution in [2.45, 2.75) is 38.8 Å². The van der Waals surface area contributed by atoms with Crippen molar-refractivity contribution in [2.24, 2.45) is 0 Å². The summed E-state index contributed by atoms with van der Waals surface area (Å²) in [7, 11) is 1.41. The Hall–Kier alpha value is -3.37. The number of anilines is 1. The molecular formula is C26H31ClFN3O6. The molecule has 1 fully saturated rings. The minimum Gasteiger partial charge on any atom is -0.496 e. The fourth-order valence-corrected chi connectivity index (χ4v) is 4.33. The monoisotopic (exact) mass is 535 g/mol. The summed E-state index contributed by atoms with van der Waals surface area (Å²) in [4.78, 5) is 38.4. The smallest absolute Gasteiger partial charge is 0.303 e. The van der Waals surface area contributed by atoms with E-state index < -0.39 is 24.0 Å². The van der Waals surface area contributed by atoms with Crippen LogP contribution in [0.2, 0.25) is 5.02 Å². The molecule has 2 unspecified atom stereocenters. The Morgan fingerprint density at radius 3 is 2.54 bits per heavy atom. The molecule has 1 aliphatic rings. The highest BCUT2D eigenvalue weighted by Crippen LogP contribution is 2.31. The van der Waals surface area contributed by atoms with Crippen LogP contribution in [0.5, 0.6) is 11.5 Å². The summed E-state index contributed by atoms with van der Waals surface area (Å²) in [5, 5.41) is 5.72. The van der Waals surface area contributed by atoms with Gasteiger partial charge in [0, 0.05) is 39.5 Å². The first-order chi connectivity index (χ1) is 17.7. The van der Waals surface area contributed by atoms with Crippen molar-refractivity contribution in [3.05, 3.63) is 52.8 Å². The van der Waals surface area contributed by atoms with E-state index in [9.17, 15) is 18.8 Å². The maximum atomic E-state index is 13.1. The fraction of sp³-hybridized carbons (Fsp3) is 0.423. The van der Waals surface area contributed by atoms with E-state index >= 15 is 0 Å². The third-order valence-electron chi connectivity index (χ3n) is 5.82. The van der Waals surface area contributed by atoms with Gasteiger partial charge in [0.05, 0.1) is 36.0 Å². The molecule has 1 saturated heterocycles. The molecule has 0 saturated carbocycles. The molecule has 37 heavy (non-hydrogen) atoms. The molecule has 3 rings (SSSR count). The second-order valence-corrected chi connectivity index (χ2v) is 9.09. The van der Waals surface area contributed by atoms with Crippen molar-refractivity contribution in [3.63, 3.8) is 0 Å². The minimum absolute atomic E-state index is 0.190. The van der Waals surface area contributed by atoms with Crippen molar-refractivity contribution in [1.82, 2.24) is 10.2 Å². The summed E-state index contributed by atoms with van der Waals surface area (Å²) >= 11 is 6.26. The van der Waals surface area contributed by atoms with Crippen LogP contribution in [0, 0.1) is 5.82 Å². The van der Waals surface area contributed by atoms with Crippen molar-refractivity contribution in [3.8, 4) is 11.5 Å². The van der Waals surface area contributed by atoms with Gasteiger partial charge in [0.2, 0.25) is 5.91 Å². The van der Waals surface area contributed by atoms with E-state index in [0.29, 0.717) is 44.1 Å². The number of nitrogens with one attached hydrogen (secondary N) is 2. The van der Waals surface area contributed by atoms with Gasteiger partial charge in [-0.05, 0) is 43.2 Å². The largest absolute Gasteiger partial charge is 0.496 e. The molecule has 0 spiro atoms. The molecule has 0 radical (unpaired) electrons. The Bertz CT molecular complexity index is 1110. The van der Waals surface area contributed by atoms with Gasteiger partial charge in [0.1, 0.15) is 23.4 Å². The summed E-state index contributed by atoms with van der Waals surface area (Å²) in [6.45, 7) is 4.96. The van der Waals surface area contributed by atoms with E-state index in [0.717, 1.165) is 6.42 Å². The maximum Gasteiger partial charge on any atom is 0.303 e. The first-order valence-corrected chi connectivity index (χ1v) is 12.3. The number of likely N-dealkylation sites (tertiary alicyclic amines) is 1. The van der Waals surface area contributed by atoms with Crippen LogP contribution in [-0.4, -0.2) is 68.2 Å². The highest BCUT2D eigenvalue weighted by Gasteiger charge is 2.33. The third-order valence-corrected chi connectivity index (χ3v) is 6.14. The van der Waals surface area contributed by atoms with Crippen LogP contribution in [0.3, 0.4) is 0 Å². The number of benzene rings is 2. The number of esters is 1. The Kier molecular flexibility index (Phi) is 10.1. The van der Waals surface area contributed by atoms with Crippen molar-refractivity contribution in [2.75, 3.05) is 38.7 Å². The molecule has 2 aromatic rings. The Morgan fingerprint density at radius 2 is 1.89 bits per heavy atom. The molecule has 0 bridgehead atoms. The molecule has 0 aliphatic carbocycles. The predicted octanol–water partition coefficient (Wildman–Crippen LogP) is 3.65. The lowest BCUT2D eigenvalue weighted by Gasteiger charge is -2.38. The second kappa shape index (κ2) is 13.3. The van der Waals surface area contributed by atoms with Gasteiger partial charge in [-0.15, -0.1) is 0 Å². The number of amides is 2. The number of nitrogens with zero attached hydrogens (tertiary/aromatic N) is 1. The summed E-state index contributed by atoms with van der Waals surface area (Å²) in [5.74, 6) is -0.654. The van der Waals surface area contributed by atoms with Crippen LogP contribution in [0.15, 0.2) is 36.4 Å². The van der Waals surface area contributed by atoms with Crippen LogP contribution in [-0.2, 0) is 14.3 Å². The number of ether oxygens (including phenoxy) is 3. The molecule has 11 heteroatoms. The van der Waals surface area contributed by atoms with Gasteiger partial charge in [-0.1, -0.05) is 11.6 Å². The molecule has 2 aromatic carbocycles. The number of halogens is 2. The summed E-state index contributed by atoms with van der Waals surface area (Å²) in [6.07, 6.45) is 0.730. The lowest BCUT2D eigenvalue weighted by Crippen LogP contribution is -2.55. The predicted molar refractivity (Wildman–Crippen MR) is 137 cm³/mol. The molecular weight excluding hydrogens is 505 g/mol. The maximum absolute atomic E-state index is 13.1. The van der Waals surface area contributed by atoms with Gasteiger partial charge >= 0.3 is 5.97 Å². The van der Waals surface area contributed by atoms with E-state index in [4.69, 9.17) is 25.8 Å². The number of hydrogen-bond acceptors (Lipinski definition) is 7. The molecule has 1 aliphatic heterocycles. The zero-order valence-electron chi connectivity index (χ0n) is 21.0. The minimum atomic E-state index is -0.548. The number of piperidine rings is 1. The zero-order chi connectivity index (χ0) is 26.9. The molecule has 2 atom stereocenters. The molecule has 2 amide bonds. The van der Waals surface area contributed by atoms with Gasteiger partial charge in [0.15, 0.2) is 0 Å². The van der Waals surface area contributed by atoms with Crippen LogP contribution < -0.4 is 20.1 Å². The third kappa shape index (κ3) is 8.33. The Morgan fingerprint density at radius 1 is 1.16 bits per heavy atom. The molecule has 9 nitrogen and oxygen atoms in total. The number of methoxy groups -OCH3 is 1. The molecule has 2 N–H and O–H groups in total. The highest BCUT2D eigenvalue weighted by molar-refractivity contribution is 6.34. The van der Waals surface area contributed by atoms with Gasteiger partial charge in [-0.3, -0.25) is 19.3 Å². The average Bonchev–Trinajstić information content (AvgIpc) is 2.84. The number of rotatable bonds is 10. The lowest BCUT2D eigenvalue weighted by atomic mass is 10.0. The Balaban J connectivity index is 1.59. The Labute approximate surface area is 220 Å². The van der Waals surface area contributed by atoms with E-state index in [1.54, 1.807) is 12.1 Å². The molecule has 1 heterocycles. The number of carbonyl (C=O) groups excluding carboxylic acids is 3. The topological polar surface area (TPSA) is 106 Å². The standard InChI is InChI=1S/C26H31ClFN3O6/c1-16(32)29-23-14-24(35-3)20(13-21(23)27)26(34)30-22-9-11-31(15-25(22)37-17(2)33)10-4-12-36-19-7-5-18(28)6-8-19/h5-8,13-14,22,25H,4,9-12,15H2,1-3H3,(H,29,32)(H,30,34). The van der Waals surface area contributed by atoms with Gasteiger partial charge < -0.3 is 24.8 Å². The van der Waals surface area contributed by atoms with E-state index in [1.807, 2.05) is 0 Å². The van der Waals surface area contributed by atoms with Crippen molar-refractivity contribution >= 4 is 35.1 Å². The number of hydrogen-bond donors (Lipinski definition) is 2. The second-order valence-electron chi connectivity index (χ2n) is 8.69. The SMILES string of the molecule is COc1cc(NC(C)=O)c(Cl)cc1C(=O)NC1CCN(CCCOc2ccc(F)cc2)CC1OC(C)=O. The average molecular weight is 536 g/mol. The normalized spacial score (nSPS) is 17.5. The van der Waals surface area contributed by atoms with Gasteiger partial charge in [-0.2, -0.15) is 0 Å². The fourth-order valence-electron chi connectivity index (χ4n) is 4.12. The first-order valence-electron chi connectivity index (χ1n) is 11.9. The van der Waals surface area contributed by atoms with Gasteiger partial charge in [-0.25, -0.2) is 4.39 Å². The molecule has 0 aromatic heterocycles. The quantitative estimate of drug-likeness (QED) is 0.353. The highest BCUT2D eigenvalue weighted by atomic mass is 35.5. The zero-order valence-corrected chi connectivity index (χ0v) is 21.8. The summed E-state index contributed by atoms with van der Waals surface area (Å²) in [5.41, 5.74) is 0.528.